The van der Waals surface area contributed by atoms with Crippen molar-refractivity contribution in [1.82, 2.24) is 5.32 Å². The third-order valence-electron chi connectivity index (χ3n) is 4.92. The van der Waals surface area contributed by atoms with Gasteiger partial charge in [-0.05, 0) is 68.5 Å². The summed E-state index contributed by atoms with van der Waals surface area (Å²) >= 11 is 0. The number of nitrogens with two attached hydrogens (primary N) is 1. The first-order valence-electron chi connectivity index (χ1n) is 11.1. The Morgan fingerprint density at radius 2 is 1.64 bits per heavy atom. The van der Waals surface area contributed by atoms with Crippen molar-refractivity contribution in [3.05, 3.63) is 114 Å². The second-order valence-electron chi connectivity index (χ2n) is 7.82. The molecule has 5 heteroatoms. The smallest absolute Gasteiger partial charge is 0.122 e. The Labute approximate surface area is 198 Å². The van der Waals surface area contributed by atoms with E-state index in [1.54, 1.807) is 0 Å². The van der Waals surface area contributed by atoms with Crippen molar-refractivity contribution < 1.29 is 0 Å². The largest absolute Gasteiger partial charge is 0.384 e. The summed E-state index contributed by atoms with van der Waals surface area (Å²) in [5.41, 5.74) is 12.1. The number of aliphatic imine (C=N–C) groups is 1. The lowest BCUT2D eigenvalue weighted by atomic mass is 10.0. The van der Waals surface area contributed by atoms with E-state index in [0.717, 1.165) is 54.0 Å². The molecule has 0 unspecified atom stereocenters. The number of allylic oxidation sites excluding steroid dienone is 5. The molecule has 0 saturated heterocycles. The van der Waals surface area contributed by atoms with Gasteiger partial charge in [0, 0.05) is 35.4 Å². The van der Waals surface area contributed by atoms with Crippen LogP contribution in [0, 0.1) is 5.41 Å². The van der Waals surface area contributed by atoms with Crippen LogP contribution in [0.1, 0.15) is 37.3 Å². The molecular weight excluding hydrogens is 406 g/mol. The minimum Gasteiger partial charge on any atom is -0.384 e. The van der Waals surface area contributed by atoms with E-state index in [9.17, 15) is 0 Å². The van der Waals surface area contributed by atoms with E-state index in [2.05, 4.69) is 59.6 Å². The van der Waals surface area contributed by atoms with E-state index in [4.69, 9.17) is 11.1 Å². The molecule has 2 rings (SSSR count). The number of hydrogen-bond acceptors (Lipinski definition) is 4. The van der Waals surface area contributed by atoms with Crippen LogP contribution < -0.4 is 16.4 Å². The molecule has 33 heavy (non-hydrogen) atoms. The number of nitrogen functional groups attached to an aromatic ring is 1. The first-order chi connectivity index (χ1) is 15.9. The van der Waals surface area contributed by atoms with Crippen LogP contribution >= 0.6 is 0 Å². The first kappa shape index (κ1) is 25.4. The molecule has 0 aliphatic heterocycles. The summed E-state index contributed by atoms with van der Waals surface area (Å²) in [4.78, 5) is 4.38. The Morgan fingerprint density at radius 1 is 0.970 bits per heavy atom. The lowest BCUT2D eigenvalue weighted by Gasteiger charge is -2.14. The number of hydrogen-bond donors (Lipinski definition) is 4. The number of nitrogens with zero attached hydrogens (tertiary/aromatic N) is 1. The minimum absolute atomic E-state index is 0.0565. The Morgan fingerprint density at radius 3 is 2.27 bits per heavy atom. The Bertz CT molecular complexity index is 1010. The maximum absolute atomic E-state index is 7.47. The monoisotopic (exact) mass is 441 g/mol. The number of anilines is 1. The van der Waals surface area contributed by atoms with Crippen molar-refractivity contribution in [3.8, 4) is 0 Å². The van der Waals surface area contributed by atoms with Gasteiger partial charge in [0.15, 0.2) is 0 Å². The van der Waals surface area contributed by atoms with Gasteiger partial charge in [-0.3, -0.25) is 10.4 Å². The predicted octanol–water partition coefficient (Wildman–Crippen LogP) is 5.94. The predicted molar refractivity (Wildman–Crippen MR) is 143 cm³/mol. The highest BCUT2D eigenvalue weighted by Gasteiger charge is 2.03. The van der Waals surface area contributed by atoms with Gasteiger partial charge in [-0.25, -0.2) is 0 Å². The molecule has 0 aromatic heterocycles. The van der Waals surface area contributed by atoms with Gasteiger partial charge in [0.2, 0.25) is 0 Å². The normalized spacial score (nSPS) is 11.2. The molecule has 0 amide bonds. The highest BCUT2D eigenvalue weighted by Crippen LogP contribution is 2.16. The molecule has 0 radical (unpaired) electrons. The molecule has 2 aromatic rings. The lowest BCUT2D eigenvalue weighted by Crippen LogP contribution is -2.14. The third-order valence-corrected chi connectivity index (χ3v) is 4.92. The summed E-state index contributed by atoms with van der Waals surface area (Å²) in [5, 5.41) is 14.1. The van der Waals surface area contributed by atoms with Crippen LogP contribution in [0.15, 0.2) is 108 Å². The van der Waals surface area contributed by atoms with Gasteiger partial charge >= 0.3 is 0 Å². The molecule has 0 spiro atoms. The quantitative estimate of drug-likeness (QED) is 0.166. The summed E-state index contributed by atoms with van der Waals surface area (Å²) in [5.74, 6) is 0.0565. The van der Waals surface area contributed by atoms with Gasteiger partial charge in [0.1, 0.15) is 5.84 Å². The van der Waals surface area contributed by atoms with Crippen LogP contribution in [0.4, 0.5) is 5.69 Å². The maximum Gasteiger partial charge on any atom is 0.122 e. The fraction of sp³-hybridized carbons (Fsp3) is 0.214. The molecule has 2 aromatic carbocycles. The zero-order valence-electron chi connectivity index (χ0n) is 19.5. The standard InChI is InChI=1S/C28H35N5/c1-5-31-20-27(19-21(2)11-14-24-9-7-6-8-10-24)33-23(4)13-12-22(3)32-26-17-15-25(16-18-26)28(29)30/h6-10,15-20,32-33H,2-5,11-14H2,1H3,(H3,29,30)/b27-19+,31-20?. The van der Waals surface area contributed by atoms with E-state index < -0.39 is 0 Å². The molecule has 0 atom stereocenters. The van der Waals surface area contributed by atoms with Crippen molar-refractivity contribution >= 4 is 17.7 Å². The van der Waals surface area contributed by atoms with Gasteiger partial charge in [0.25, 0.3) is 0 Å². The van der Waals surface area contributed by atoms with Crippen LogP contribution in [0.3, 0.4) is 0 Å². The topological polar surface area (TPSA) is 86.3 Å². The first-order valence-corrected chi connectivity index (χ1v) is 11.1. The number of rotatable bonds is 14. The van der Waals surface area contributed by atoms with Crippen molar-refractivity contribution in [2.45, 2.75) is 32.6 Å². The minimum atomic E-state index is 0.0565. The maximum atomic E-state index is 7.47. The van der Waals surface area contributed by atoms with Crippen molar-refractivity contribution in [3.63, 3.8) is 0 Å². The van der Waals surface area contributed by atoms with Gasteiger partial charge in [-0.15, -0.1) is 0 Å². The third kappa shape index (κ3) is 9.87. The van der Waals surface area contributed by atoms with E-state index in [1.807, 2.05) is 49.5 Å². The second-order valence-corrected chi connectivity index (χ2v) is 7.82. The summed E-state index contributed by atoms with van der Waals surface area (Å²) in [6.45, 7) is 15.2. The summed E-state index contributed by atoms with van der Waals surface area (Å²) in [7, 11) is 0. The SMILES string of the molecule is C=C(/C=C(\C=NCC)NC(=C)CCC(=C)Nc1ccc(C(=N)N)cc1)CCc1ccccc1. The molecule has 0 saturated carbocycles. The molecule has 0 aliphatic rings. The fourth-order valence-corrected chi connectivity index (χ4v) is 3.11. The summed E-state index contributed by atoms with van der Waals surface area (Å²) in [6.07, 6.45) is 7.16. The van der Waals surface area contributed by atoms with Crippen LogP contribution in [-0.4, -0.2) is 18.6 Å². The summed E-state index contributed by atoms with van der Waals surface area (Å²) in [6, 6.07) is 17.8. The average molecular weight is 442 g/mol. The van der Waals surface area contributed by atoms with Gasteiger partial charge < -0.3 is 16.4 Å². The van der Waals surface area contributed by atoms with Crippen LogP contribution in [0.25, 0.3) is 0 Å². The molecule has 0 heterocycles. The van der Waals surface area contributed by atoms with E-state index in [0.29, 0.717) is 12.1 Å². The molecule has 0 fully saturated rings. The molecule has 5 nitrogen and oxygen atoms in total. The Hall–Kier alpha value is -3.86. The van der Waals surface area contributed by atoms with E-state index in [-0.39, 0.29) is 5.84 Å². The van der Waals surface area contributed by atoms with Crippen molar-refractivity contribution in [1.29, 1.82) is 5.41 Å². The number of nitrogens with one attached hydrogen (secondary N) is 3. The zero-order valence-corrected chi connectivity index (χ0v) is 19.5. The number of aryl methyl sites for hydroxylation is 1. The number of benzene rings is 2. The van der Waals surface area contributed by atoms with Gasteiger partial charge in [-0.1, -0.05) is 55.6 Å². The highest BCUT2D eigenvalue weighted by atomic mass is 14.9. The van der Waals surface area contributed by atoms with Crippen LogP contribution in [0.5, 0.6) is 0 Å². The van der Waals surface area contributed by atoms with Crippen LogP contribution in [0.2, 0.25) is 0 Å². The Kier molecular flexibility index (Phi) is 10.4. The molecule has 0 aliphatic carbocycles. The van der Waals surface area contributed by atoms with Crippen molar-refractivity contribution in [2.24, 2.45) is 10.7 Å². The Balaban J connectivity index is 1.85. The summed E-state index contributed by atoms with van der Waals surface area (Å²) < 4.78 is 0. The molecule has 172 valence electrons. The number of amidine groups is 1. The average Bonchev–Trinajstić information content (AvgIpc) is 2.81. The molecule has 5 N–H and O–H groups in total. The highest BCUT2D eigenvalue weighted by molar-refractivity contribution is 5.95. The molecule has 0 bridgehead atoms. The zero-order chi connectivity index (χ0) is 24.1. The molecular formula is C28H35N5. The van der Waals surface area contributed by atoms with Crippen LogP contribution in [-0.2, 0) is 6.42 Å². The van der Waals surface area contributed by atoms with E-state index >= 15 is 0 Å². The lowest BCUT2D eigenvalue weighted by molar-refractivity contribution is 0.850. The second kappa shape index (κ2) is 13.5. The van der Waals surface area contributed by atoms with Crippen molar-refractivity contribution in [2.75, 3.05) is 11.9 Å². The van der Waals surface area contributed by atoms with Gasteiger partial charge in [0.05, 0.1) is 5.70 Å². The van der Waals surface area contributed by atoms with E-state index in [1.165, 1.54) is 5.56 Å². The fourth-order valence-electron chi connectivity index (χ4n) is 3.11. The van der Waals surface area contributed by atoms with Gasteiger partial charge in [-0.2, -0.15) is 0 Å².